The van der Waals surface area contributed by atoms with E-state index in [1.54, 1.807) is 19.4 Å². The van der Waals surface area contributed by atoms with Crippen molar-refractivity contribution in [3.8, 4) is 11.9 Å². The van der Waals surface area contributed by atoms with E-state index in [1.807, 2.05) is 0 Å². The van der Waals surface area contributed by atoms with Gasteiger partial charge in [-0.05, 0) is 12.8 Å². The van der Waals surface area contributed by atoms with Gasteiger partial charge in [0.2, 0.25) is 5.88 Å². The fraction of sp³-hybridized carbons (Fsp3) is 0.400. The Balaban J connectivity index is 2.19. The van der Waals surface area contributed by atoms with Crippen LogP contribution in [0.15, 0.2) is 12.3 Å². The van der Waals surface area contributed by atoms with E-state index in [0.717, 1.165) is 18.5 Å². The molecule has 0 amide bonds. The number of aromatic nitrogens is 1. The van der Waals surface area contributed by atoms with Crippen LogP contribution in [0.5, 0.6) is 5.88 Å². The molecule has 1 saturated carbocycles. The second-order valence-corrected chi connectivity index (χ2v) is 3.40. The molecule has 15 heavy (non-hydrogen) atoms. The summed E-state index contributed by atoms with van der Waals surface area (Å²) in [6.07, 6.45) is 3.99. The first kappa shape index (κ1) is 9.90. The molecule has 0 bridgehead atoms. The quantitative estimate of drug-likeness (QED) is 0.717. The van der Waals surface area contributed by atoms with E-state index in [0.29, 0.717) is 11.4 Å². The third kappa shape index (κ3) is 2.43. The number of rotatable bonds is 4. The Kier molecular flexibility index (Phi) is 2.81. The summed E-state index contributed by atoms with van der Waals surface area (Å²) in [5.74, 6) is 0.424. The number of quaternary nitrogens is 1. The van der Waals surface area contributed by atoms with Crippen LogP contribution in [0.4, 0.5) is 5.69 Å². The van der Waals surface area contributed by atoms with Gasteiger partial charge in [0.15, 0.2) is 5.69 Å². The molecule has 1 aliphatic carbocycles. The summed E-state index contributed by atoms with van der Waals surface area (Å²) in [6.45, 7) is 0. The number of hydrogen-bond donors (Lipinski definition) is 1. The number of hydrogen-bond acceptors (Lipinski definition) is 4. The Labute approximate surface area is 87.6 Å². The van der Waals surface area contributed by atoms with Crippen LogP contribution in [0.2, 0.25) is 0 Å². The molecule has 0 saturated heterocycles. The topological polar surface area (TPSA) is 71.8 Å². The minimum absolute atomic E-state index is 0.252. The number of nitrogens with zero attached hydrogens (tertiary/aromatic N) is 2. The molecule has 2 rings (SSSR count). The first-order valence-corrected chi connectivity index (χ1v) is 4.76. The Bertz CT molecular complexity index is 396. The summed E-state index contributed by atoms with van der Waals surface area (Å²) in [7, 11) is 1.56. The maximum Gasteiger partial charge on any atom is 0.232 e. The van der Waals surface area contributed by atoms with Crippen molar-refractivity contribution in [3.05, 3.63) is 17.8 Å². The van der Waals surface area contributed by atoms with Crippen molar-refractivity contribution in [3.63, 3.8) is 0 Å². The number of ether oxygens (including phenoxy) is 1. The van der Waals surface area contributed by atoms with Gasteiger partial charge in [0.05, 0.1) is 13.3 Å². The molecular formula is C10H12N3O2+. The first-order chi connectivity index (χ1) is 7.33. The molecule has 0 atom stereocenters. The van der Waals surface area contributed by atoms with Gasteiger partial charge in [0.25, 0.3) is 0 Å². The predicted molar refractivity (Wildman–Crippen MR) is 51.2 cm³/mol. The van der Waals surface area contributed by atoms with Crippen LogP contribution < -0.4 is 10.2 Å². The molecule has 0 aromatic carbocycles. The zero-order chi connectivity index (χ0) is 10.7. The van der Waals surface area contributed by atoms with Crippen molar-refractivity contribution in [2.45, 2.75) is 18.9 Å². The van der Waals surface area contributed by atoms with Crippen LogP contribution in [-0.4, -0.2) is 18.2 Å². The zero-order valence-corrected chi connectivity index (χ0v) is 8.43. The average Bonchev–Trinajstić information content (AvgIpc) is 3.04. The molecule has 5 nitrogen and oxygen atoms in total. The van der Waals surface area contributed by atoms with Gasteiger partial charge >= 0.3 is 0 Å². The fourth-order valence-electron chi connectivity index (χ4n) is 1.19. The fourth-order valence-corrected chi connectivity index (χ4v) is 1.19. The molecule has 0 radical (unpaired) electrons. The molecule has 1 aliphatic rings. The van der Waals surface area contributed by atoms with E-state index in [-0.39, 0.29) is 6.10 Å². The van der Waals surface area contributed by atoms with Crippen LogP contribution in [0.25, 0.3) is 0 Å². The van der Waals surface area contributed by atoms with Crippen LogP contribution >= 0.6 is 0 Å². The summed E-state index contributed by atoms with van der Waals surface area (Å²) in [5, 5.41) is 8.92. The van der Waals surface area contributed by atoms with Crippen molar-refractivity contribution >= 4 is 5.69 Å². The zero-order valence-electron chi connectivity index (χ0n) is 8.43. The SMILES string of the molecule is CO[NH2+]c1cnc(OC2CC2)c(C#N)c1. The second-order valence-electron chi connectivity index (χ2n) is 3.40. The number of nitrogens with two attached hydrogens (primary N) is 1. The van der Waals surface area contributed by atoms with Crippen LogP contribution in [-0.2, 0) is 4.84 Å². The lowest BCUT2D eigenvalue weighted by Gasteiger charge is -2.04. The lowest BCUT2D eigenvalue weighted by molar-refractivity contribution is -0.830. The van der Waals surface area contributed by atoms with Gasteiger partial charge in [-0.3, -0.25) is 0 Å². The Morgan fingerprint density at radius 3 is 3.00 bits per heavy atom. The lowest BCUT2D eigenvalue weighted by Crippen LogP contribution is -2.76. The average molecular weight is 206 g/mol. The van der Waals surface area contributed by atoms with Crippen molar-refractivity contribution in [1.82, 2.24) is 4.98 Å². The first-order valence-electron chi connectivity index (χ1n) is 4.76. The highest BCUT2D eigenvalue weighted by Gasteiger charge is 2.25. The maximum absolute atomic E-state index is 8.92. The molecule has 0 aliphatic heterocycles. The van der Waals surface area contributed by atoms with Gasteiger partial charge in [-0.2, -0.15) is 10.7 Å². The summed E-state index contributed by atoms with van der Waals surface area (Å²) >= 11 is 0. The second kappa shape index (κ2) is 4.26. The smallest absolute Gasteiger partial charge is 0.232 e. The Morgan fingerprint density at radius 1 is 1.60 bits per heavy atom. The summed E-state index contributed by atoms with van der Waals surface area (Å²) in [6, 6.07) is 3.77. The van der Waals surface area contributed by atoms with Crippen molar-refractivity contribution < 1.29 is 15.1 Å². The molecule has 1 aromatic rings. The molecule has 1 fully saturated rings. The molecule has 0 unspecified atom stereocenters. The normalized spacial score (nSPS) is 14.7. The monoisotopic (exact) mass is 206 g/mol. The van der Waals surface area contributed by atoms with E-state index >= 15 is 0 Å². The minimum Gasteiger partial charge on any atom is -0.473 e. The summed E-state index contributed by atoms with van der Waals surface area (Å²) < 4.78 is 5.49. The number of pyridine rings is 1. The molecule has 5 heteroatoms. The van der Waals surface area contributed by atoms with Crippen molar-refractivity contribution in [2.24, 2.45) is 0 Å². The highest BCUT2D eigenvalue weighted by Crippen LogP contribution is 2.27. The van der Waals surface area contributed by atoms with E-state index in [4.69, 9.17) is 14.8 Å². The summed E-state index contributed by atoms with van der Waals surface area (Å²) in [5.41, 5.74) is 2.75. The number of nitriles is 1. The van der Waals surface area contributed by atoms with E-state index in [9.17, 15) is 0 Å². The molecule has 0 spiro atoms. The molecule has 2 N–H and O–H groups in total. The van der Waals surface area contributed by atoms with Gasteiger partial charge < -0.3 is 4.74 Å². The van der Waals surface area contributed by atoms with Crippen LogP contribution in [0.3, 0.4) is 0 Å². The predicted octanol–water partition coefficient (Wildman–Crippen LogP) is 0.251. The standard InChI is InChI=1S/C10H11N3O2/c1-14-13-8-4-7(5-11)10(12-6-8)15-9-2-3-9/h4,6,9,13H,2-3H2,1H3/p+1. The highest BCUT2D eigenvalue weighted by atomic mass is 16.6. The molecular weight excluding hydrogens is 194 g/mol. The van der Waals surface area contributed by atoms with Crippen molar-refractivity contribution in [1.29, 1.82) is 5.26 Å². The third-order valence-corrected chi connectivity index (χ3v) is 2.05. The van der Waals surface area contributed by atoms with Gasteiger partial charge in [-0.25, -0.2) is 9.82 Å². The van der Waals surface area contributed by atoms with Gasteiger partial charge in [-0.1, -0.05) is 0 Å². The van der Waals surface area contributed by atoms with Crippen LogP contribution in [0.1, 0.15) is 18.4 Å². The molecule has 1 aromatic heterocycles. The molecule has 78 valence electrons. The Hall–Kier alpha value is -1.64. The maximum atomic E-state index is 8.92. The largest absolute Gasteiger partial charge is 0.473 e. The van der Waals surface area contributed by atoms with Gasteiger partial charge in [-0.15, -0.1) is 0 Å². The Morgan fingerprint density at radius 2 is 2.40 bits per heavy atom. The minimum atomic E-state index is 0.252. The van der Waals surface area contributed by atoms with Crippen LogP contribution in [0, 0.1) is 11.3 Å². The van der Waals surface area contributed by atoms with E-state index < -0.39 is 0 Å². The third-order valence-electron chi connectivity index (χ3n) is 2.05. The van der Waals surface area contributed by atoms with E-state index in [1.165, 1.54) is 5.48 Å². The lowest BCUT2D eigenvalue weighted by atomic mass is 10.3. The van der Waals surface area contributed by atoms with E-state index in [2.05, 4.69) is 11.1 Å². The van der Waals surface area contributed by atoms with Crippen molar-refractivity contribution in [2.75, 3.05) is 7.11 Å². The highest BCUT2D eigenvalue weighted by molar-refractivity contribution is 5.44. The summed E-state index contributed by atoms with van der Waals surface area (Å²) in [4.78, 5) is 8.94. The van der Waals surface area contributed by atoms with Gasteiger partial charge in [0.1, 0.15) is 17.7 Å². The van der Waals surface area contributed by atoms with Gasteiger partial charge in [0, 0.05) is 6.07 Å². The molecule has 1 heterocycles.